The summed E-state index contributed by atoms with van der Waals surface area (Å²) in [7, 11) is -4.94. The van der Waals surface area contributed by atoms with E-state index in [1.807, 2.05) is 0 Å². The Morgan fingerprint density at radius 1 is 1.12 bits per heavy atom. The van der Waals surface area contributed by atoms with Gasteiger partial charge in [0.15, 0.2) is 0 Å². The van der Waals surface area contributed by atoms with Crippen molar-refractivity contribution in [3.8, 4) is 5.75 Å². The van der Waals surface area contributed by atoms with E-state index in [1.54, 1.807) is 30.3 Å². The number of aromatic hydroxyl groups is 1. The van der Waals surface area contributed by atoms with E-state index in [4.69, 9.17) is 19.6 Å². The lowest BCUT2D eigenvalue weighted by atomic mass is 9.98. The van der Waals surface area contributed by atoms with Crippen molar-refractivity contribution in [3.63, 3.8) is 0 Å². The second kappa shape index (κ2) is 7.70. The van der Waals surface area contributed by atoms with Gasteiger partial charge in [-0.2, -0.15) is 0 Å². The number of benzene rings is 2. The average Bonchev–Trinajstić information content (AvgIpc) is 2.56. The maximum atomic E-state index is 11.8. The molecule has 0 radical (unpaired) electrons. The van der Waals surface area contributed by atoms with E-state index in [-0.39, 0.29) is 30.1 Å². The van der Waals surface area contributed by atoms with Gasteiger partial charge in [-0.05, 0) is 23.8 Å². The summed E-state index contributed by atoms with van der Waals surface area (Å²) in [5.74, 6) is -0.191. The summed E-state index contributed by atoms with van der Waals surface area (Å²) in [4.78, 5) is 29.8. The van der Waals surface area contributed by atoms with E-state index in [0.29, 0.717) is 5.56 Å². The van der Waals surface area contributed by atoms with Gasteiger partial charge in [0.1, 0.15) is 11.9 Å². The molecule has 0 heterocycles. The Morgan fingerprint density at radius 2 is 1.79 bits per heavy atom. The number of carbonyl (C=O) groups excluding carboxylic acids is 1. The predicted molar refractivity (Wildman–Crippen MR) is 85.8 cm³/mol. The van der Waals surface area contributed by atoms with Crippen molar-refractivity contribution in [2.75, 3.05) is 13.2 Å². The second-order valence-corrected chi connectivity index (χ2v) is 6.50. The molecule has 4 N–H and O–H groups in total. The van der Waals surface area contributed by atoms with Gasteiger partial charge in [0, 0.05) is 11.1 Å². The van der Waals surface area contributed by atoms with Crippen LogP contribution < -0.4 is 0 Å². The number of hydrogen-bond acceptors (Lipinski definition) is 5. The number of carbonyl (C=O) groups is 1. The molecule has 0 saturated carbocycles. The highest BCUT2D eigenvalue weighted by Crippen LogP contribution is 2.41. The second-order valence-electron chi connectivity index (χ2n) is 5.01. The van der Waals surface area contributed by atoms with Crippen molar-refractivity contribution < 1.29 is 34.1 Å². The van der Waals surface area contributed by atoms with Gasteiger partial charge < -0.3 is 24.7 Å². The number of phenolic OH excluding ortho intramolecular Hbond substituents is 1. The Kier molecular flexibility index (Phi) is 5.88. The Hall–Kier alpha value is -2.02. The molecular formula is C16H17O7P. The van der Waals surface area contributed by atoms with Crippen LogP contribution >= 0.6 is 7.60 Å². The third kappa shape index (κ3) is 4.29. The molecule has 1 atom stereocenters. The zero-order valence-corrected chi connectivity index (χ0v) is 13.5. The molecule has 0 amide bonds. The Balaban J connectivity index is 2.49. The van der Waals surface area contributed by atoms with Crippen LogP contribution in [0.25, 0.3) is 0 Å². The highest BCUT2D eigenvalue weighted by Gasteiger charge is 2.29. The largest absolute Gasteiger partial charge is 0.508 e. The van der Waals surface area contributed by atoms with Crippen LogP contribution in [-0.2, 0) is 9.30 Å². The van der Waals surface area contributed by atoms with Gasteiger partial charge in [-0.3, -0.25) is 9.36 Å². The average molecular weight is 352 g/mol. The van der Waals surface area contributed by atoms with Crippen molar-refractivity contribution in [1.82, 2.24) is 0 Å². The molecule has 0 saturated heterocycles. The molecule has 128 valence electrons. The molecule has 1 unspecified atom stereocenters. The van der Waals surface area contributed by atoms with Crippen LogP contribution in [0.2, 0.25) is 0 Å². The molecular weight excluding hydrogens is 335 g/mol. The van der Waals surface area contributed by atoms with E-state index in [0.717, 1.165) is 6.07 Å². The predicted octanol–water partition coefficient (Wildman–Crippen LogP) is 1.81. The zero-order chi connectivity index (χ0) is 17.7. The molecule has 0 fully saturated rings. The van der Waals surface area contributed by atoms with Gasteiger partial charge in [-0.15, -0.1) is 0 Å². The summed E-state index contributed by atoms with van der Waals surface area (Å²) in [6.45, 7) is -0.263. The number of aliphatic hydroxyl groups is 1. The van der Waals surface area contributed by atoms with E-state index < -0.39 is 19.2 Å². The van der Waals surface area contributed by atoms with Crippen LogP contribution in [0, 0.1) is 0 Å². The van der Waals surface area contributed by atoms with Crippen LogP contribution in [0.1, 0.15) is 27.6 Å². The van der Waals surface area contributed by atoms with E-state index in [2.05, 4.69) is 0 Å². The minimum absolute atomic E-state index is 0.0182. The van der Waals surface area contributed by atoms with Gasteiger partial charge >= 0.3 is 7.60 Å². The van der Waals surface area contributed by atoms with Crippen LogP contribution in [0.5, 0.6) is 5.75 Å². The first-order chi connectivity index (χ1) is 11.3. The molecule has 24 heavy (non-hydrogen) atoms. The molecule has 0 aliphatic rings. The van der Waals surface area contributed by atoms with Crippen molar-refractivity contribution in [3.05, 3.63) is 65.2 Å². The van der Waals surface area contributed by atoms with Crippen molar-refractivity contribution in [1.29, 1.82) is 0 Å². The molecule has 2 aromatic carbocycles. The number of hydrogen-bond donors (Lipinski definition) is 4. The first-order valence-corrected chi connectivity index (χ1v) is 8.66. The van der Waals surface area contributed by atoms with Gasteiger partial charge in [-0.1, -0.05) is 30.3 Å². The van der Waals surface area contributed by atoms with E-state index in [9.17, 15) is 14.5 Å². The Labute approximate surface area is 138 Å². The Morgan fingerprint density at radius 3 is 2.38 bits per heavy atom. The number of ether oxygens (including phenoxy) is 1. The van der Waals surface area contributed by atoms with Crippen molar-refractivity contribution >= 4 is 13.1 Å². The molecule has 0 spiro atoms. The monoisotopic (exact) mass is 352 g/mol. The summed E-state index contributed by atoms with van der Waals surface area (Å²) in [5.41, 5.74) is -0.738. The standard InChI is InChI=1S/C16H17O7P/c17-8-9-23-15(11-4-2-1-3-5-11)13-10-12(6-7-14(13)18)16(19)24(20,21)22/h1-7,10,15,17-18H,8-9H2,(H2,20,21,22). The fraction of sp³-hybridized carbons (Fsp3) is 0.188. The van der Waals surface area contributed by atoms with Gasteiger partial charge in [0.05, 0.1) is 13.2 Å². The lowest BCUT2D eigenvalue weighted by Gasteiger charge is -2.20. The zero-order valence-electron chi connectivity index (χ0n) is 12.6. The first kappa shape index (κ1) is 18.3. The van der Waals surface area contributed by atoms with Gasteiger partial charge in [0.25, 0.3) is 5.52 Å². The van der Waals surface area contributed by atoms with Gasteiger partial charge in [-0.25, -0.2) is 0 Å². The molecule has 2 aromatic rings. The van der Waals surface area contributed by atoms with E-state index in [1.165, 1.54) is 12.1 Å². The Bertz CT molecular complexity index is 754. The highest BCUT2D eigenvalue weighted by molar-refractivity contribution is 7.70. The quantitative estimate of drug-likeness (QED) is 0.560. The lowest BCUT2D eigenvalue weighted by molar-refractivity contribution is 0.0489. The fourth-order valence-electron chi connectivity index (χ4n) is 2.23. The SMILES string of the molecule is O=C(c1ccc(O)c(C(OCCO)c2ccccc2)c1)P(=O)(O)O. The lowest BCUT2D eigenvalue weighted by Crippen LogP contribution is -2.11. The third-order valence-corrected chi connectivity index (χ3v) is 4.09. The third-order valence-electron chi connectivity index (χ3n) is 3.30. The number of phenols is 1. The summed E-state index contributed by atoms with van der Waals surface area (Å²) >= 11 is 0. The summed E-state index contributed by atoms with van der Waals surface area (Å²) in [6.07, 6.45) is -0.803. The van der Waals surface area contributed by atoms with Crippen LogP contribution in [-0.4, -0.2) is 38.7 Å². The minimum Gasteiger partial charge on any atom is -0.508 e. The molecule has 8 heteroatoms. The number of rotatable bonds is 7. The molecule has 7 nitrogen and oxygen atoms in total. The smallest absolute Gasteiger partial charge is 0.396 e. The molecule has 0 aliphatic heterocycles. The van der Waals surface area contributed by atoms with Crippen molar-refractivity contribution in [2.24, 2.45) is 0 Å². The maximum Gasteiger partial charge on any atom is 0.396 e. The number of aliphatic hydroxyl groups excluding tert-OH is 1. The molecule has 2 rings (SSSR count). The molecule has 0 aromatic heterocycles. The maximum absolute atomic E-state index is 11.8. The molecule has 0 bridgehead atoms. The van der Waals surface area contributed by atoms with Crippen LogP contribution in [0.3, 0.4) is 0 Å². The van der Waals surface area contributed by atoms with Crippen molar-refractivity contribution in [2.45, 2.75) is 6.10 Å². The summed E-state index contributed by atoms with van der Waals surface area (Å²) in [6, 6.07) is 12.3. The topological polar surface area (TPSA) is 124 Å². The van der Waals surface area contributed by atoms with E-state index >= 15 is 0 Å². The van der Waals surface area contributed by atoms with Crippen LogP contribution in [0.4, 0.5) is 0 Å². The normalized spacial score (nSPS) is 12.8. The first-order valence-electron chi connectivity index (χ1n) is 7.05. The highest BCUT2D eigenvalue weighted by atomic mass is 31.2. The van der Waals surface area contributed by atoms with Gasteiger partial charge in [0.2, 0.25) is 0 Å². The summed E-state index contributed by atoms with van der Waals surface area (Å²) < 4.78 is 16.7. The minimum atomic E-state index is -4.94. The molecule has 0 aliphatic carbocycles. The van der Waals surface area contributed by atoms with Crippen LogP contribution in [0.15, 0.2) is 48.5 Å². The summed E-state index contributed by atoms with van der Waals surface area (Å²) in [5, 5.41) is 19.1. The fourth-order valence-corrected chi connectivity index (χ4v) is 2.71.